The molecule has 14 heavy (non-hydrogen) atoms. The van der Waals surface area contributed by atoms with E-state index in [1.165, 1.54) is 6.20 Å². The summed E-state index contributed by atoms with van der Waals surface area (Å²) in [5.41, 5.74) is 0.990. The van der Waals surface area contributed by atoms with Gasteiger partial charge in [0.1, 0.15) is 5.82 Å². The molecule has 80 valence electrons. The van der Waals surface area contributed by atoms with Crippen molar-refractivity contribution in [3.63, 3.8) is 0 Å². The lowest BCUT2D eigenvalue weighted by atomic mass is 10.0. The van der Waals surface area contributed by atoms with E-state index in [0.717, 1.165) is 18.4 Å². The standard InChI is InChI=1S/C10H14FN.C2H6/c1-8(2)3-4-9-5-10(11)7-12-6-9;1-2/h5-8H,3-4H2,1-2H3;1-2H3. The summed E-state index contributed by atoms with van der Waals surface area (Å²) in [6.45, 7) is 8.32. The van der Waals surface area contributed by atoms with E-state index in [1.54, 1.807) is 12.3 Å². The zero-order valence-corrected chi connectivity index (χ0v) is 9.55. The highest BCUT2D eigenvalue weighted by atomic mass is 19.1. The van der Waals surface area contributed by atoms with Crippen molar-refractivity contribution < 1.29 is 4.39 Å². The molecule has 1 heterocycles. The average molecular weight is 197 g/mol. The second kappa shape index (κ2) is 7.48. The van der Waals surface area contributed by atoms with Crippen molar-refractivity contribution in [3.8, 4) is 0 Å². The van der Waals surface area contributed by atoms with E-state index in [1.807, 2.05) is 13.8 Å². The van der Waals surface area contributed by atoms with Gasteiger partial charge >= 0.3 is 0 Å². The lowest BCUT2D eigenvalue weighted by Gasteiger charge is -2.03. The Balaban J connectivity index is 0.000000791. The first-order valence-corrected chi connectivity index (χ1v) is 5.28. The highest BCUT2D eigenvalue weighted by Gasteiger charge is 1.98. The molecule has 1 rings (SSSR count). The fourth-order valence-corrected chi connectivity index (χ4v) is 1.05. The number of halogens is 1. The maximum absolute atomic E-state index is 12.6. The molecule has 0 saturated carbocycles. The highest BCUT2D eigenvalue weighted by Crippen LogP contribution is 2.08. The van der Waals surface area contributed by atoms with Gasteiger partial charge in [0.25, 0.3) is 0 Å². The molecule has 1 aromatic rings. The van der Waals surface area contributed by atoms with Crippen molar-refractivity contribution in [3.05, 3.63) is 29.8 Å². The minimum Gasteiger partial charge on any atom is -0.261 e. The van der Waals surface area contributed by atoms with E-state index in [9.17, 15) is 4.39 Å². The molecule has 0 radical (unpaired) electrons. The van der Waals surface area contributed by atoms with Gasteiger partial charge in [0.05, 0.1) is 6.20 Å². The molecule has 0 bridgehead atoms. The Bertz CT molecular complexity index is 246. The van der Waals surface area contributed by atoms with Crippen molar-refractivity contribution >= 4 is 0 Å². The fourth-order valence-electron chi connectivity index (χ4n) is 1.05. The van der Waals surface area contributed by atoms with Gasteiger partial charge in [-0.3, -0.25) is 4.98 Å². The first kappa shape index (κ1) is 13.1. The molecule has 0 spiro atoms. The molecule has 0 fully saturated rings. The molecule has 0 aliphatic heterocycles. The Morgan fingerprint density at radius 3 is 2.43 bits per heavy atom. The number of hydrogen-bond acceptors (Lipinski definition) is 1. The van der Waals surface area contributed by atoms with Crippen molar-refractivity contribution in [2.45, 2.75) is 40.5 Å². The third-order valence-electron chi connectivity index (χ3n) is 1.77. The van der Waals surface area contributed by atoms with Gasteiger partial charge in [0, 0.05) is 6.20 Å². The van der Waals surface area contributed by atoms with Gasteiger partial charge in [-0.25, -0.2) is 4.39 Å². The summed E-state index contributed by atoms with van der Waals surface area (Å²) in [5, 5.41) is 0. The third-order valence-corrected chi connectivity index (χ3v) is 1.77. The maximum Gasteiger partial charge on any atom is 0.141 e. The van der Waals surface area contributed by atoms with Crippen LogP contribution < -0.4 is 0 Å². The van der Waals surface area contributed by atoms with Crippen LogP contribution in [0.25, 0.3) is 0 Å². The van der Waals surface area contributed by atoms with Crippen molar-refractivity contribution in [2.75, 3.05) is 0 Å². The van der Waals surface area contributed by atoms with Crippen LogP contribution in [0.3, 0.4) is 0 Å². The van der Waals surface area contributed by atoms with Crippen LogP contribution in [0.4, 0.5) is 4.39 Å². The number of hydrogen-bond donors (Lipinski definition) is 0. The summed E-state index contributed by atoms with van der Waals surface area (Å²) in [7, 11) is 0. The molecule has 0 saturated heterocycles. The minimum atomic E-state index is -0.240. The molecule has 0 atom stereocenters. The third kappa shape index (κ3) is 5.68. The minimum absolute atomic E-state index is 0.240. The highest BCUT2D eigenvalue weighted by molar-refractivity contribution is 5.10. The number of aromatic nitrogens is 1. The topological polar surface area (TPSA) is 12.9 Å². The molecule has 0 unspecified atom stereocenters. The summed E-state index contributed by atoms with van der Waals surface area (Å²) >= 11 is 0. The van der Waals surface area contributed by atoms with E-state index in [4.69, 9.17) is 0 Å². The van der Waals surface area contributed by atoms with Gasteiger partial charge in [-0.1, -0.05) is 27.7 Å². The van der Waals surface area contributed by atoms with Gasteiger partial charge in [0.2, 0.25) is 0 Å². The predicted molar refractivity (Wildman–Crippen MR) is 58.7 cm³/mol. The van der Waals surface area contributed by atoms with Crippen LogP contribution in [0.1, 0.15) is 39.7 Å². The average Bonchev–Trinajstić information content (AvgIpc) is 2.18. The maximum atomic E-state index is 12.6. The predicted octanol–water partition coefficient (Wildman–Crippen LogP) is 3.84. The second-order valence-electron chi connectivity index (χ2n) is 3.44. The molecule has 0 amide bonds. The van der Waals surface area contributed by atoms with Crippen LogP contribution in [0.15, 0.2) is 18.5 Å². The smallest absolute Gasteiger partial charge is 0.141 e. The largest absolute Gasteiger partial charge is 0.261 e. The Hall–Kier alpha value is -0.920. The molecule has 2 heteroatoms. The van der Waals surface area contributed by atoms with Crippen LogP contribution in [0.5, 0.6) is 0 Å². The molecule has 0 aliphatic carbocycles. The normalized spacial score (nSPS) is 9.57. The summed E-state index contributed by atoms with van der Waals surface area (Å²) in [5.74, 6) is 0.421. The number of rotatable bonds is 3. The molecule has 0 aromatic carbocycles. The fraction of sp³-hybridized carbons (Fsp3) is 0.583. The van der Waals surface area contributed by atoms with Crippen LogP contribution in [0.2, 0.25) is 0 Å². The van der Waals surface area contributed by atoms with Gasteiger partial charge in [0.15, 0.2) is 0 Å². The molecular formula is C12H20FN. The summed E-state index contributed by atoms with van der Waals surface area (Å²) in [6.07, 6.45) is 4.97. The lowest BCUT2D eigenvalue weighted by molar-refractivity contribution is 0.579. The Morgan fingerprint density at radius 1 is 1.29 bits per heavy atom. The van der Waals surface area contributed by atoms with E-state index < -0.39 is 0 Å². The molecule has 1 aromatic heterocycles. The summed E-state index contributed by atoms with van der Waals surface area (Å²) in [4.78, 5) is 3.79. The van der Waals surface area contributed by atoms with E-state index in [2.05, 4.69) is 18.8 Å². The zero-order chi connectivity index (χ0) is 11.0. The molecule has 0 aliphatic rings. The van der Waals surface area contributed by atoms with Gasteiger partial charge < -0.3 is 0 Å². The lowest BCUT2D eigenvalue weighted by Crippen LogP contribution is -1.93. The van der Waals surface area contributed by atoms with E-state index in [-0.39, 0.29) is 5.82 Å². The SMILES string of the molecule is CC.CC(C)CCc1cncc(F)c1. The van der Waals surface area contributed by atoms with Crippen molar-refractivity contribution in [2.24, 2.45) is 5.92 Å². The summed E-state index contributed by atoms with van der Waals surface area (Å²) < 4.78 is 12.6. The quantitative estimate of drug-likeness (QED) is 0.717. The molecule has 0 N–H and O–H groups in total. The Morgan fingerprint density at radius 2 is 1.93 bits per heavy atom. The number of aryl methyl sites for hydroxylation is 1. The Kier molecular flexibility index (Phi) is 6.99. The first-order valence-electron chi connectivity index (χ1n) is 5.28. The van der Waals surface area contributed by atoms with Crippen LogP contribution in [-0.2, 0) is 6.42 Å². The Labute approximate surface area is 86.4 Å². The zero-order valence-electron chi connectivity index (χ0n) is 9.55. The van der Waals surface area contributed by atoms with Crippen molar-refractivity contribution in [1.82, 2.24) is 4.98 Å². The van der Waals surface area contributed by atoms with Gasteiger partial charge in [-0.2, -0.15) is 0 Å². The number of nitrogens with zero attached hydrogens (tertiary/aromatic N) is 1. The van der Waals surface area contributed by atoms with E-state index >= 15 is 0 Å². The summed E-state index contributed by atoms with van der Waals surface area (Å²) in [6, 6.07) is 1.55. The van der Waals surface area contributed by atoms with Crippen molar-refractivity contribution in [1.29, 1.82) is 0 Å². The monoisotopic (exact) mass is 197 g/mol. The molecule has 1 nitrogen and oxygen atoms in total. The number of pyridine rings is 1. The van der Waals surface area contributed by atoms with Crippen LogP contribution in [0, 0.1) is 11.7 Å². The van der Waals surface area contributed by atoms with Crippen LogP contribution in [-0.4, -0.2) is 4.98 Å². The van der Waals surface area contributed by atoms with E-state index in [0.29, 0.717) is 5.92 Å². The van der Waals surface area contributed by atoms with Gasteiger partial charge in [-0.15, -0.1) is 0 Å². The second-order valence-corrected chi connectivity index (χ2v) is 3.44. The van der Waals surface area contributed by atoms with Crippen LogP contribution >= 0.6 is 0 Å². The van der Waals surface area contributed by atoms with Gasteiger partial charge in [-0.05, 0) is 30.4 Å². The molecular weight excluding hydrogens is 177 g/mol. The first-order chi connectivity index (χ1) is 6.68.